The number of hydrogen-bond donors (Lipinski definition) is 2. The molecule has 8 heteroatoms. The van der Waals surface area contributed by atoms with Gasteiger partial charge in [-0.2, -0.15) is 5.26 Å². The van der Waals surface area contributed by atoms with Crippen molar-refractivity contribution in [3.8, 4) is 6.07 Å². The SMILES string of the molecule is Cc1nc(S/C(=C\c2cn(Cc3ccccc3C#N)c3ccccc23)C(=O)O)n[nH]1. The summed E-state index contributed by atoms with van der Waals surface area (Å²) in [4.78, 5) is 16.1. The first kappa shape index (κ1) is 19.5. The average molecular weight is 415 g/mol. The number of aliphatic carboxylic acids is 1. The lowest BCUT2D eigenvalue weighted by Crippen LogP contribution is -2.00. The van der Waals surface area contributed by atoms with Gasteiger partial charge in [0.05, 0.1) is 11.6 Å². The van der Waals surface area contributed by atoms with Crippen LogP contribution in [-0.2, 0) is 11.3 Å². The Kier molecular flexibility index (Phi) is 5.37. The fraction of sp³-hybridized carbons (Fsp3) is 0.0909. The summed E-state index contributed by atoms with van der Waals surface area (Å²) in [7, 11) is 0. The van der Waals surface area contributed by atoms with Crippen LogP contribution in [0, 0.1) is 18.3 Å². The van der Waals surface area contributed by atoms with Crippen molar-refractivity contribution in [3.05, 3.63) is 82.1 Å². The number of aromatic amines is 1. The molecule has 0 aliphatic rings. The van der Waals surface area contributed by atoms with Crippen molar-refractivity contribution in [2.45, 2.75) is 18.6 Å². The number of nitrogens with one attached hydrogen (secondary N) is 1. The molecule has 0 atom stereocenters. The van der Waals surface area contributed by atoms with Gasteiger partial charge in [0.1, 0.15) is 10.7 Å². The number of carboxylic acid groups (broad SMARTS) is 1. The van der Waals surface area contributed by atoms with Crippen LogP contribution in [0.15, 0.2) is 64.8 Å². The number of hydrogen-bond acceptors (Lipinski definition) is 5. The molecular formula is C22H17N5O2S. The van der Waals surface area contributed by atoms with Crippen LogP contribution in [0.2, 0.25) is 0 Å². The number of benzene rings is 2. The van der Waals surface area contributed by atoms with Gasteiger partial charge in [-0.15, -0.1) is 5.10 Å². The molecule has 0 fully saturated rings. The van der Waals surface area contributed by atoms with E-state index in [0.29, 0.717) is 23.1 Å². The Hall–Kier alpha value is -3.83. The van der Waals surface area contributed by atoms with Gasteiger partial charge in [0.25, 0.3) is 0 Å². The topological polar surface area (TPSA) is 108 Å². The molecule has 2 aromatic carbocycles. The van der Waals surface area contributed by atoms with Crippen LogP contribution in [0.5, 0.6) is 0 Å². The third kappa shape index (κ3) is 3.97. The summed E-state index contributed by atoms with van der Waals surface area (Å²) in [6.07, 6.45) is 3.54. The predicted octanol–water partition coefficient (Wildman–Crippen LogP) is 4.21. The number of rotatable bonds is 6. The van der Waals surface area contributed by atoms with E-state index in [0.717, 1.165) is 33.8 Å². The first-order valence-electron chi connectivity index (χ1n) is 9.13. The summed E-state index contributed by atoms with van der Waals surface area (Å²) in [6, 6.07) is 17.5. The van der Waals surface area contributed by atoms with E-state index in [-0.39, 0.29) is 4.91 Å². The molecule has 0 saturated carbocycles. The summed E-state index contributed by atoms with van der Waals surface area (Å²) in [5.41, 5.74) is 3.26. The molecule has 0 saturated heterocycles. The highest BCUT2D eigenvalue weighted by atomic mass is 32.2. The minimum atomic E-state index is -1.05. The van der Waals surface area contributed by atoms with Crippen molar-refractivity contribution in [1.82, 2.24) is 19.7 Å². The zero-order valence-corrected chi connectivity index (χ0v) is 16.8. The van der Waals surface area contributed by atoms with Gasteiger partial charge < -0.3 is 9.67 Å². The molecule has 7 nitrogen and oxygen atoms in total. The first-order chi connectivity index (χ1) is 14.5. The Balaban J connectivity index is 1.76. The number of carbonyl (C=O) groups is 1. The molecule has 2 aromatic heterocycles. The van der Waals surface area contributed by atoms with E-state index in [1.54, 1.807) is 19.1 Å². The normalized spacial score (nSPS) is 11.5. The summed E-state index contributed by atoms with van der Waals surface area (Å²) in [5, 5.41) is 27.1. The minimum absolute atomic E-state index is 0.120. The van der Waals surface area contributed by atoms with Gasteiger partial charge in [0, 0.05) is 29.2 Å². The van der Waals surface area contributed by atoms with Gasteiger partial charge in [-0.05, 0) is 42.5 Å². The zero-order chi connectivity index (χ0) is 21.1. The molecule has 0 aliphatic carbocycles. The molecule has 30 heavy (non-hydrogen) atoms. The number of aryl methyl sites for hydroxylation is 1. The molecule has 0 radical (unpaired) electrons. The highest BCUT2D eigenvalue weighted by Crippen LogP contribution is 2.30. The highest BCUT2D eigenvalue weighted by Gasteiger charge is 2.15. The highest BCUT2D eigenvalue weighted by molar-refractivity contribution is 8.04. The van der Waals surface area contributed by atoms with E-state index >= 15 is 0 Å². The Labute approximate surface area is 176 Å². The number of aromatic nitrogens is 4. The van der Waals surface area contributed by atoms with Crippen molar-refractivity contribution < 1.29 is 9.90 Å². The standard InChI is InChI=1S/C22H17N5O2S/c1-14-24-22(26-25-14)30-20(21(28)29)10-17-13-27(19-9-5-4-8-18(17)19)12-16-7-3-2-6-15(16)11-23/h2-10,13H,12H2,1H3,(H,28,29)(H,24,25,26)/b20-10-. The van der Waals surface area contributed by atoms with Crippen LogP contribution in [0.1, 0.15) is 22.5 Å². The Morgan fingerprint density at radius 1 is 1.27 bits per heavy atom. The molecule has 4 aromatic rings. The summed E-state index contributed by atoms with van der Waals surface area (Å²) in [5.74, 6) is -0.427. The summed E-state index contributed by atoms with van der Waals surface area (Å²) in [6.45, 7) is 2.27. The number of H-pyrrole nitrogens is 1. The number of para-hydroxylation sites is 1. The van der Waals surface area contributed by atoms with Gasteiger partial charge in [0.2, 0.25) is 5.16 Å². The molecule has 2 N–H and O–H groups in total. The fourth-order valence-corrected chi connectivity index (χ4v) is 3.96. The third-order valence-electron chi connectivity index (χ3n) is 4.57. The molecule has 0 bridgehead atoms. The van der Waals surface area contributed by atoms with Crippen LogP contribution in [0.25, 0.3) is 17.0 Å². The third-order valence-corrected chi connectivity index (χ3v) is 5.45. The zero-order valence-electron chi connectivity index (χ0n) is 16.0. The summed E-state index contributed by atoms with van der Waals surface area (Å²) >= 11 is 0.996. The number of nitriles is 1. The predicted molar refractivity (Wildman–Crippen MR) is 115 cm³/mol. The van der Waals surface area contributed by atoms with Crippen LogP contribution < -0.4 is 0 Å². The summed E-state index contributed by atoms with van der Waals surface area (Å²) < 4.78 is 2.03. The van der Waals surface area contributed by atoms with Gasteiger partial charge in [0.15, 0.2) is 0 Å². The van der Waals surface area contributed by atoms with Gasteiger partial charge in [-0.25, -0.2) is 9.78 Å². The van der Waals surface area contributed by atoms with E-state index in [9.17, 15) is 15.2 Å². The van der Waals surface area contributed by atoms with Crippen LogP contribution >= 0.6 is 11.8 Å². The second-order valence-corrected chi connectivity index (χ2v) is 7.63. The Bertz CT molecular complexity index is 1310. The lowest BCUT2D eigenvalue weighted by Gasteiger charge is -2.07. The Morgan fingerprint density at radius 3 is 2.77 bits per heavy atom. The lowest BCUT2D eigenvalue weighted by molar-refractivity contribution is -0.131. The maximum Gasteiger partial charge on any atom is 0.342 e. The second kappa shape index (κ2) is 8.27. The molecule has 4 rings (SSSR count). The van der Waals surface area contributed by atoms with Gasteiger partial charge in [-0.1, -0.05) is 36.4 Å². The molecule has 0 unspecified atom stereocenters. The number of carboxylic acids is 1. The molecule has 148 valence electrons. The Morgan fingerprint density at radius 2 is 2.03 bits per heavy atom. The quantitative estimate of drug-likeness (QED) is 0.361. The average Bonchev–Trinajstić information content (AvgIpc) is 3.31. The second-order valence-electron chi connectivity index (χ2n) is 6.62. The maximum atomic E-state index is 11.8. The van der Waals surface area contributed by atoms with Crippen molar-refractivity contribution in [1.29, 1.82) is 5.26 Å². The maximum absolute atomic E-state index is 11.8. The molecule has 0 aliphatic heterocycles. The van der Waals surface area contributed by atoms with E-state index in [4.69, 9.17) is 0 Å². The van der Waals surface area contributed by atoms with E-state index in [1.807, 2.05) is 53.2 Å². The number of thioether (sulfide) groups is 1. The number of fused-ring (bicyclic) bond motifs is 1. The molecule has 2 heterocycles. The largest absolute Gasteiger partial charge is 0.477 e. The van der Waals surface area contributed by atoms with Crippen molar-refractivity contribution in [3.63, 3.8) is 0 Å². The first-order valence-corrected chi connectivity index (χ1v) is 9.94. The van der Waals surface area contributed by atoms with Crippen LogP contribution in [-0.4, -0.2) is 30.8 Å². The molecule has 0 spiro atoms. The van der Waals surface area contributed by atoms with Crippen molar-refractivity contribution in [2.75, 3.05) is 0 Å². The van der Waals surface area contributed by atoms with E-state index in [2.05, 4.69) is 21.3 Å². The molecular weight excluding hydrogens is 398 g/mol. The van der Waals surface area contributed by atoms with E-state index in [1.165, 1.54) is 0 Å². The van der Waals surface area contributed by atoms with E-state index < -0.39 is 5.97 Å². The monoisotopic (exact) mass is 415 g/mol. The molecule has 0 amide bonds. The van der Waals surface area contributed by atoms with Crippen molar-refractivity contribution in [2.24, 2.45) is 0 Å². The van der Waals surface area contributed by atoms with Crippen LogP contribution in [0.3, 0.4) is 0 Å². The van der Waals surface area contributed by atoms with Gasteiger partial charge in [-0.3, -0.25) is 5.10 Å². The number of nitrogens with zero attached hydrogens (tertiary/aromatic N) is 4. The minimum Gasteiger partial charge on any atom is -0.477 e. The smallest absolute Gasteiger partial charge is 0.342 e. The lowest BCUT2D eigenvalue weighted by atomic mass is 10.1. The van der Waals surface area contributed by atoms with Gasteiger partial charge >= 0.3 is 5.97 Å². The fourth-order valence-electron chi connectivity index (χ4n) is 3.21. The van der Waals surface area contributed by atoms with Crippen LogP contribution in [0.4, 0.5) is 0 Å². The van der Waals surface area contributed by atoms with Crippen molar-refractivity contribution >= 4 is 34.7 Å².